The highest BCUT2D eigenvalue weighted by atomic mass is 32.1. The van der Waals surface area contributed by atoms with Crippen LogP contribution in [0.1, 0.15) is 40.0 Å². The largest absolute Gasteiger partial charge is 0.498 e. The van der Waals surface area contributed by atoms with E-state index >= 15 is 0 Å². The predicted octanol–water partition coefficient (Wildman–Crippen LogP) is 3.08. The zero-order chi connectivity index (χ0) is 12.3. The third-order valence-electron chi connectivity index (χ3n) is 2.68. The summed E-state index contributed by atoms with van der Waals surface area (Å²) in [5.74, 6) is -4.41. The molecule has 2 N–H and O–H groups in total. The maximum absolute atomic E-state index is 13.5. The van der Waals surface area contributed by atoms with Crippen molar-refractivity contribution in [2.45, 2.75) is 51.6 Å². The molecule has 0 aromatic rings. The molecule has 0 aromatic carbocycles. The Morgan fingerprint density at radius 2 is 1.87 bits per heavy atom. The monoisotopic (exact) mass is 240 g/mol. The van der Waals surface area contributed by atoms with Crippen LogP contribution in [0, 0.1) is 5.92 Å². The molecular formula is C10H18F2O2S. The van der Waals surface area contributed by atoms with Crippen LogP contribution in [0.5, 0.6) is 0 Å². The normalized spacial score (nSPS) is 16.5. The van der Waals surface area contributed by atoms with E-state index in [1.54, 1.807) is 0 Å². The van der Waals surface area contributed by atoms with Gasteiger partial charge in [-0.25, -0.2) is 0 Å². The maximum atomic E-state index is 13.5. The smallest absolute Gasteiger partial charge is 0.342 e. The Bertz CT molecular complexity index is 231. The van der Waals surface area contributed by atoms with Gasteiger partial charge in [-0.05, 0) is 24.6 Å². The van der Waals surface area contributed by atoms with Crippen LogP contribution in [0.2, 0.25) is 0 Å². The number of hydrogen-bond acceptors (Lipinski definition) is 2. The van der Waals surface area contributed by atoms with Gasteiger partial charge in [0.05, 0.1) is 0 Å². The number of halogens is 2. The van der Waals surface area contributed by atoms with Crippen molar-refractivity contribution in [1.29, 1.82) is 0 Å². The molecule has 0 saturated carbocycles. The lowest BCUT2D eigenvalue weighted by atomic mass is 9.80. The molecule has 0 aliphatic carbocycles. The Kier molecular flexibility index (Phi) is 5.06. The third-order valence-corrected chi connectivity index (χ3v) is 2.94. The van der Waals surface area contributed by atoms with Crippen molar-refractivity contribution < 1.29 is 19.0 Å². The summed E-state index contributed by atoms with van der Waals surface area (Å²) in [6, 6.07) is 0. The number of thiocarbonyl (C=S) groups is 1. The van der Waals surface area contributed by atoms with E-state index in [2.05, 4.69) is 12.2 Å². The van der Waals surface area contributed by atoms with Gasteiger partial charge in [0.25, 0.3) is 0 Å². The summed E-state index contributed by atoms with van der Waals surface area (Å²) in [5, 5.41) is 17.3. The second-order valence-corrected chi connectivity index (χ2v) is 4.45. The minimum Gasteiger partial charge on any atom is -0.498 e. The fourth-order valence-electron chi connectivity index (χ4n) is 1.44. The Morgan fingerprint density at radius 3 is 2.13 bits per heavy atom. The minimum atomic E-state index is -3.73. The average molecular weight is 240 g/mol. The van der Waals surface area contributed by atoms with Crippen molar-refractivity contribution in [2.24, 2.45) is 5.92 Å². The van der Waals surface area contributed by atoms with E-state index < -0.39 is 22.5 Å². The van der Waals surface area contributed by atoms with E-state index in [1.165, 1.54) is 13.8 Å². The van der Waals surface area contributed by atoms with Crippen LogP contribution < -0.4 is 0 Å². The number of unbranched alkanes of at least 4 members (excludes halogenated alkanes) is 1. The van der Waals surface area contributed by atoms with E-state index in [-0.39, 0.29) is 6.42 Å². The van der Waals surface area contributed by atoms with Crippen LogP contribution in [0.3, 0.4) is 0 Å². The first kappa shape index (κ1) is 14.7. The summed E-state index contributed by atoms with van der Waals surface area (Å²) in [4.78, 5) is 0. The lowest BCUT2D eigenvalue weighted by Crippen LogP contribution is -2.56. The van der Waals surface area contributed by atoms with E-state index in [9.17, 15) is 13.9 Å². The molecule has 0 heterocycles. The molecule has 15 heavy (non-hydrogen) atoms. The zero-order valence-electron chi connectivity index (χ0n) is 9.26. The second kappa shape index (κ2) is 5.16. The molecule has 0 bridgehead atoms. The first-order valence-electron chi connectivity index (χ1n) is 5.03. The molecule has 90 valence electrons. The maximum Gasteiger partial charge on any atom is 0.342 e. The summed E-state index contributed by atoms with van der Waals surface area (Å²) in [6.45, 7) is 4.82. The van der Waals surface area contributed by atoms with Crippen LogP contribution in [0.4, 0.5) is 8.78 Å². The Labute approximate surface area is 94.3 Å². The minimum absolute atomic E-state index is 0.0745. The van der Waals surface area contributed by atoms with Crippen molar-refractivity contribution >= 4 is 17.3 Å². The van der Waals surface area contributed by atoms with Crippen LogP contribution >= 0.6 is 12.2 Å². The summed E-state index contributed by atoms with van der Waals surface area (Å²) in [6.07, 6.45) is 1.09. The van der Waals surface area contributed by atoms with E-state index in [4.69, 9.17) is 5.11 Å². The molecule has 0 radical (unpaired) electrons. The summed E-state index contributed by atoms with van der Waals surface area (Å²) < 4.78 is 27.1. The highest BCUT2D eigenvalue weighted by molar-refractivity contribution is 7.80. The Morgan fingerprint density at radius 1 is 1.40 bits per heavy atom. The summed E-state index contributed by atoms with van der Waals surface area (Å²) >= 11 is 4.10. The zero-order valence-corrected chi connectivity index (χ0v) is 10.1. The van der Waals surface area contributed by atoms with Gasteiger partial charge in [-0.3, -0.25) is 0 Å². The highest BCUT2D eigenvalue weighted by Gasteiger charge is 2.57. The van der Waals surface area contributed by atoms with Crippen LogP contribution in [0.25, 0.3) is 0 Å². The molecule has 0 aliphatic heterocycles. The van der Waals surface area contributed by atoms with Gasteiger partial charge in [-0.1, -0.05) is 33.6 Å². The van der Waals surface area contributed by atoms with Crippen molar-refractivity contribution in [3.8, 4) is 0 Å². The summed E-state index contributed by atoms with van der Waals surface area (Å²) in [5.41, 5.74) is -2.26. The van der Waals surface area contributed by atoms with Crippen LogP contribution in [-0.2, 0) is 0 Å². The molecular weight excluding hydrogens is 222 g/mol. The molecule has 0 fully saturated rings. The molecule has 0 saturated heterocycles. The first-order valence-corrected chi connectivity index (χ1v) is 5.44. The predicted molar refractivity (Wildman–Crippen MR) is 59.5 cm³/mol. The van der Waals surface area contributed by atoms with E-state index in [1.807, 2.05) is 6.92 Å². The van der Waals surface area contributed by atoms with Gasteiger partial charge in [0, 0.05) is 0 Å². The SMILES string of the molecule is CCCCC(O)(C(C)C)C(F)(F)C(O)=S. The number of rotatable bonds is 6. The second-order valence-electron chi connectivity index (χ2n) is 4.06. The lowest BCUT2D eigenvalue weighted by molar-refractivity contribution is -0.171. The molecule has 5 heteroatoms. The molecule has 1 atom stereocenters. The van der Waals surface area contributed by atoms with Gasteiger partial charge in [-0.15, -0.1) is 0 Å². The molecule has 2 nitrogen and oxygen atoms in total. The molecule has 0 spiro atoms. The topological polar surface area (TPSA) is 40.5 Å². The van der Waals surface area contributed by atoms with Gasteiger partial charge in [0.1, 0.15) is 5.60 Å². The van der Waals surface area contributed by atoms with Gasteiger partial charge >= 0.3 is 5.92 Å². The Balaban J connectivity index is 5.01. The molecule has 0 aliphatic rings. The number of hydrogen-bond donors (Lipinski definition) is 2. The first-order chi connectivity index (χ1) is 6.70. The Hall–Kier alpha value is -0.290. The summed E-state index contributed by atoms with van der Waals surface area (Å²) in [7, 11) is 0. The molecule has 0 aromatic heterocycles. The molecule has 0 rings (SSSR count). The van der Waals surface area contributed by atoms with Crippen molar-refractivity contribution in [3.63, 3.8) is 0 Å². The highest BCUT2D eigenvalue weighted by Crippen LogP contribution is 2.39. The van der Waals surface area contributed by atoms with E-state index in [0.29, 0.717) is 12.8 Å². The van der Waals surface area contributed by atoms with Crippen molar-refractivity contribution in [1.82, 2.24) is 0 Å². The molecule has 1 unspecified atom stereocenters. The third kappa shape index (κ3) is 2.84. The van der Waals surface area contributed by atoms with Gasteiger partial charge in [-0.2, -0.15) is 8.78 Å². The average Bonchev–Trinajstić information content (AvgIpc) is 2.13. The van der Waals surface area contributed by atoms with Crippen molar-refractivity contribution in [3.05, 3.63) is 0 Å². The molecule has 0 amide bonds. The number of alkyl halides is 2. The van der Waals surface area contributed by atoms with Crippen molar-refractivity contribution in [2.75, 3.05) is 0 Å². The lowest BCUT2D eigenvalue weighted by Gasteiger charge is -2.37. The van der Waals surface area contributed by atoms with Crippen LogP contribution in [-0.4, -0.2) is 26.8 Å². The number of aliphatic hydroxyl groups excluding tert-OH is 1. The standard InChI is InChI=1S/C10H18F2O2S/c1-4-5-6-9(14,7(2)3)10(11,12)8(13)15/h7,14H,4-6H2,1-3H3,(H,13,15). The van der Waals surface area contributed by atoms with E-state index in [0.717, 1.165) is 0 Å². The van der Waals surface area contributed by atoms with Gasteiger partial charge in [0.2, 0.25) is 5.05 Å². The van der Waals surface area contributed by atoms with Gasteiger partial charge < -0.3 is 10.2 Å². The van der Waals surface area contributed by atoms with Crippen LogP contribution in [0.15, 0.2) is 0 Å². The fraction of sp³-hybridized carbons (Fsp3) is 0.900. The van der Waals surface area contributed by atoms with Gasteiger partial charge in [0.15, 0.2) is 0 Å². The number of aliphatic hydroxyl groups is 2. The fourth-order valence-corrected chi connectivity index (χ4v) is 1.62. The quantitative estimate of drug-likeness (QED) is 0.701.